The molecule has 43 heavy (non-hydrogen) atoms. The van der Waals surface area contributed by atoms with Crippen molar-refractivity contribution in [3.05, 3.63) is 69.5 Å². The zero-order chi connectivity index (χ0) is 31.2. The summed E-state index contributed by atoms with van der Waals surface area (Å²) in [6, 6.07) is 5.83. The van der Waals surface area contributed by atoms with Gasteiger partial charge in [-0.05, 0) is 56.7 Å². The number of aromatic nitrogens is 4. The summed E-state index contributed by atoms with van der Waals surface area (Å²) in [6.45, 7) is 8.25. The lowest BCUT2D eigenvalue weighted by atomic mass is 10.1. The van der Waals surface area contributed by atoms with Crippen LogP contribution in [0.15, 0.2) is 57.8 Å². The fourth-order valence-electron chi connectivity index (χ4n) is 5.29. The van der Waals surface area contributed by atoms with E-state index in [4.69, 9.17) is 33.9 Å². The lowest BCUT2D eigenvalue weighted by Crippen LogP contribution is -2.58. The zero-order valence-electron chi connectivity index (χ0n) is 23.8. The van der Waals surface area contributed by atoms with E-state index in [1.54, 1.807) is 23.2 Å². The summed E-state index contributed by atoms with van der Waals surface area (Å²) in [5.41, 5.74) is 6.32. The van der Waals surface area contributed by atoms with Crippen molar-refractivity contribution in [3.8, 4) is 16.9 Å². The second-order valence-corrected chi connectivity index (χ2v) is 12.4. The maximum absolute atomic E-state index is 15.4. The van der Waals surface area contributed by atoms with Crippen molar-refractivity contribution in [2.75, 3.05) is 36.2 Å². The number of carbonyl (C=O) groups excluding carboxylic acids is 1. The SMILES string of the molecule is C=CC(=O)N1C[C@H](C)N(c2nc(=O)n(-c3c(SC)ccnc3SC)c3nc(-c4c(N)ccc(Cl)c4F)c(Cl)cc23)C[C@H]1C. The van der Waals surface area contributed by atoms with Crippen molar-refractivity contribution < 1.29 is 9.18 Å². The van der Waals surface area contributed by atoms with Crippen LogP contribution in [0, 0.1) is 5.82 Å². The third-order valence-electron chi connectivity index (χ3n) is 7.37. The maximum Gasteiger partial charge on any atom is 0.355 e. The van der Waals surface area contributed by atoms with Gasteiger partial charge in [0.2, 0.25) is 5.91 Å². The average Bonchev–Trinajstić information content (AvgIpc) is 2.99. The standard InChI is InChI=1S/C29H28Cl2FN7O2S2/c1-6-21(40)37-12-15(3)38(13-14(37)2)26-16-11-18(31)24(22-19(33)8-7-17(30)23(22)32)35-27(16)39(29(41)36-26)25-20(42-4)9-10-34-28(25)43-5/h6-11,14-15H,1,12-13,33H2,2-5H3/t14-,15+/m1/s1. The Morgan fingerprint density at radius 3 is 2.53 bits per heavy atom. The smallest absolute Gasteiger partial charge is 0.355 e. The molecule has 0 bridgehead atoms. The zero-order valence-corrected chi connectivity index (χ0v) is 26.9. The van der Waals surface area contributed by atoms with Crippen molar-refractivity contribution in [2.24, 2.45) is 0 Å². The molecule has 1 saturated heterocycles. The molecule has 1 amide bonds. The van der Waals surface area contributed by atoms with E-state index in [1.807, 2.05) is 31.3 Å². The van der Waals surface area contributed by atoms with E-state index in [9.17, 15) is 9.59 Å². The minimum Gasteiger partial charge on any atom is -0.398 e. The molecule has 2 atom stereocenters. The number of benzene rings is 1. The molecular formula is C29H28Cl2FN7O2S2. The molecule has 3 aromatic heterocycles. The van der Waals surface area contributed by atoms with Crippen LogP contribution in [0.5, 0.6) is 0 Å². The predicted octanol–water partition coefficient (Wildman–Crippen LogP) is 5.93. The number of piperazine rings is 1. The van der Waals surface area contributed by atoms with Gasteiger partial charge in [0.25, 0.3) is 0 Å². The number of nitrogens with two attached hydrogens (primary N) is 1. The van der Waals surface area contributed by atoms with Crippen LogP contribution in [0.3, 0.4) is 0 Å². The van der Waals surface area contributed by atoms with Crippen LogP contribution in [0.25, 0.3) is 28.0 Å². The molecule has 0 aliphatic carbocycles. The van der Waals surface area contributed by atoms with E-state index in [2.05, 4.69) is 16.5 Å². The molecule has 4 aromatic rings. The molecule has 1 aliphatic heterocycles. The number of nitrogens with zero attached hydrogens (tertiary/aromatic N) is 6. The van der Waals surface area contributed by atoms with Crippen LogP contribution >= 0.6 is 46.7 Å². The highest BCUT2D eigenvalue weighted by Crippen LogP contribution is 2.40. The van der Waals surface area contributed by atoms with Crippen molar-refractivity contribution >= 4 is 75.2 Å². The molecule has 0 spiro atoms. The number of fused-ring (bicyclic) bond motifs is 1. The third-order valence-corrected chi connectivity index (χ3v) is 9.41. The predicted molar refractivity (Wildman–Crippen MR) is 174 cm³/mol. The molecule has 5 rings (SSSR count). The number of rotatable bonds is 6. The molecule has 2 N–H and O–H groups in total. The van der Waals surface area contributed by atoms with Crippen molar-refractivity contribution in [1.82, 2.24) is 24.4 Å². The van der Waals surface area contributed by atoms with Gasteiger partial charge in [0.1, 0.15) is 10.8 Å². The van der Waals surface area contributed by atoms with Crippen LogP contribution in [0.4, 0.5) is 15.9 Å². The Morgan fingerprint density at radius 2 is 1.86 bits per heavy atom. The minimum absolute atomic E-state index is 0.0278. The number of amides is 1. The van der Waals surface area contributed by atoms with Gasteiger partial charge < -0.3 is 15.5 Å². The number of carbonyl (C=O) groups is 1. The molecule has 224 valence electrons. The Balaban J connectivity index is 1.86. The van der Waals surface area contributed by atoms with Crippen LogP contribution < -0.4 is 16.3 Å². The number of anilines is 2. The first-order chi connectivity index (χ1) is 20.5. The fourth-order valence-corrected chi connectivity index (χ4v) is 6.90. The molecule has 4 heterocycles. The Labute approximate surface area is 266 Å². The first-order valence-corrected chi connectivity index (χ1v) is 16.4. The van der Waals surface area contributed by atoms with Crippen molar-refractivity contribution in [2.45, 2.75) is 35.9 Å². The highest BCUT2D eigenvalue weighted by Gasteiger charge is 2.34. The number of thioether (sulfide) groups is 2. The van der Waals surface area contributed by atoms with Gasteiger partial charge in [-0.2, -0.15) is 4.98 Å². The van der Waals surface area contributed by atoms with E-state index in [1.165, 1.54) is 46.3 Å². The highest BCUT2D eigenvalue weighted by molar-refractivity contribution is 7.99. The summed E-state index contributed by atoms with van der Waals surface area (Å²) in [5, 5.41) is 0.984. The maximum atomic E-state index is 15.4. The quantitative estimate of drug-likeness (QED) is 0.153. The van der Waals surface area contributed by atoms with Gasteiger partial charge in [0.15, 0.2) is 11.5 Å². The van der Waals surface area contributed by atoms with Crippen LogP contribution in [-0.4, -0.2) is 68.0 Å². The van der Waals surface area contributed by atoms with Gasteiger partial charge in [0, 0.05) is 42.0 Å². The Bertz CT molecular complexity index is 1820. The molecule has 0 radical (unpaired) electrons. The molecule has 9 nitrogen and oxygen atoms in total. The molecule has 1 fully saturated rings. The Hall–Kier alpha value is -3.32. The average molecular weight is 661 g/mol. The van der Waals surface area contributed by atoms with Gasteiger partial charge in [0.05, 0.1) is 32.4 Å². The van der Waals surface area contributed by atoms with E-state index in [0.29, 0.717) is 35.0 Å². The molecule has 14 heteroatoms. The summed E-state index contributed by atoms with van der Waals surface area (Å²) in [5.74, 6) is -0.601. The lowest BCUT2D eigenvalue weighted by molar-refractivity contribution is -0.128. The van der Waals surface area contributed by atoms with Crippen molar-refractivity contribution in [1.29, 1.82) is 0 Å². The Kier molecular flexibility index (Phi) is 8.94. The number of pyridine rings is 2. The molecule has 0 unspecified atom stereocenters. The number of hydrogen-bond donors (Lipinski definition) is 1. The summed E-state index contributed by atoms with van der Waals surface area (Å²) in [7, 11) is 0. The van der Waals surface area contributed by atoms with E-state index >= 15 is 4.39 Å². The summed E-state index contributed by atoms with van der Waals surface area (Å²) < 4.78 is 16.8. The lowest BCUT2D eigenvalue weighted by Gasteiger charge is -2.44. The summed E-state index contributed by atoms with van der Waals surface area (Å²) in [4.78, 5) is 44.9. The summed E-state index contributed by atoms with van der Waals surface area (Å²) >= 11 is 15.7. The molecule has 1 aliphatic rings. The number of halogens is 3. The molecular weight excluding hydrogens is 632 g/mol. The van der Waals surface area contributed by atoms with Gasteiger partial charge in [-0.15, -0.1) is 23.5 Å². The van der Waals surface area contributed by atoms with Gasteiger partial charge >= 0.3 is 5.69 Å². The third kappa shape index (κ3) is 5.45. The number of nitrogen functional groups attached to an aromatic ring is 1. The Morgan fingerprint density at radius 1 is 1.12 bits per heavy atom. The first kappa shape index (κ1) is 31.1. The van der Waals surface area contributed by atoms with Gasteiger partial charge in [-0.3, -0.25) is 4.79 Å². The molecule has 1 aromatic carbocycles. The monoisotopic (exact) mass is 659 g/mol. The second kappa shape index (κ2) is 12.4. The first-order valence-electron chi connectivity index (χ1n) is 13.2. The highest BCUT2D eigenvalue weighted by atomic mass is 35.5. The van der Waals surface area contributed by atoms with E-state index < -0.39 is 11.5 Å². The van der Waals surface area contributed by atoms with Crippen LogP contribution in [-0.2, 0) is 4.79 Å². The summed E-state index contributed by atoms with van der Waals surface area (Å²) in [6.07, 6.45) is 6.71. The van der Waals surface area contributed by atoms with Crippen LogP contribution in [0.1, 0.15) is 13.8 Å². The number of hydrogen-bond acceptors (Lipinski definition) is 9. The molecule has 0 saturated carbocycles. The van der Waals surface area contributed by atoms with Gasteiger partial charge in [-0.1, -0.05) is 29.8 Å². The van der Waals surface area contributed by atoms with Crippen LogP contribution in [0.2, 0.25) is 10.0 Å². The van der Waals surface area contributed by atoms with E-state index in [-0.39, 0.29) is 50.6 Å². The second-order valence-electron chi connectivity index (χ2n) is 9.99. The van der Waals surface area contributed by atoms with Gasteiger partial charge in [-0.25, -0.2) is 23.7 Å². The van der Waals surface area contributed by atoms with E-state index in [0.717, 1.165) is 4.90 Å². The largest absolute Gasteiger partial charge is 0.398 e. The van der Waals surface area contributed by atoms with Crippen molar-refractivity contribution in [3.63, 3.8) is 0 Å². The minimum atomic E-state index is -0.778. The topological polar surface area (TPSA) is 110 Å². The normalized spacial score (nSPS) is 17.0. The fraction of sp³-hybridized carbons (Fsp3) is 0.276.